The topological polar surface area (TPSA) is 9.23 Å². The van der Waals surface area contributed by atoms with Gasteiger partial charge in [0, 0.05) is 6.42 Å². The Labute approximate surface area is 56.0 Å². The van der Waals surface area contributed by atoms with Gasteiger partial charge in [-0.15, -0.1) is 0 Å². The molecule has 0 amide bonds. The van der Waals surface area contributed by atoms with Gasteiger partial charge in [0.05, 0.1) is 12.4 Å². The smallest absolute Gasteiger partial charge is 0.0960 e. The molecular formula is C8H12O. The Hall–Kier alpha value is -0.720. The summed E-state index contributed by atoms with van der Waals surface area (Å²) in [6.07, 6.45) is 8.44. The first-order valence-electron chi connectivity index (χ1n) is 3.40. The van der Waals surface area contributed by atoms with Gasteiger partial charge in [0.2, 0.25) is 0 Å². The highest BCUT2D eigenvalue weighted by molar-refractivity contribution is 5.09. The van der Waals surface area contributed by atoms with Crippen LogP contribution in [0.5, 0.6) is 0 Å². The molecule has 0 heterocycles. The van der Waals surface area contributed by atoms with Gasteiger partial charge in [-0.2, -0.15) is 0 Å². The Bertz CT molecular complexity index is 134. The Balaban J connectivity index is 2.32. The van der Waals surface area contributed by atoms with Gasteiger partial charge < -0.3 is 4.74 Å². The number of ether oxygens (including phenoxy) is 1. The zero-order chi connectivity index (χ0) is 6.53. The molecule has 1 aliphatic carbocycles. The summed E-state index contributed by atoms with van der Waals surface area (Å²) < 4.78 is 5.29. The van der Waals surface area contributed by atoms with E-state index in [2.05, 4.69) is 18.2 Å². The summed E-state index contributed by atoms with van der Waals surface area (Å²) in [7, 11) is 0. The lowest BCUT2D eigenvalue weighted by Crippen LogP contribution is -1.92. The Morgan fingerprint density at radius 1 is 1.56 bits per heavy atom. The van der Waals surface area contributed by atoms with Crippen molar-refractivity contribution in [3.8, 4) is 0 Å². The number of hydrogen-bond donors (Lipinski definition) is 0. The van der Waals surface area contributed by atoms with Crippen molar-refractivity contribution in [1.29, 1.82) is 0 Å². The Morgan fingerprint density at radius 3 is 3.00 bits per heavy atom. The first kappa shape index (κ1) is 6.40. The lowest BCUT2D eigenvalue weighted by Gasteiger charge is -2.07. The lowest BCUT2D eigenvalue weighted by molar-refractivity contribution is 0.222. The highest BCUT2D eigenvalue weighted by atomic mass is 16.5. The van der Waals surface area contributed by atoms with Crippen molar-refractivity contribution in [3.63, 3.8) is 0 Å². The van der Waals surface area contributed by atoms with E-state index in [0.717, 1.165) is 25.2 Å². The minimum Gasteiger partial charge on any atom is -0.498 e. The van der Waals surface area contributed by atoms with Gasteiger partial charge >= 0.3 is 0 Å². The third-order valence-corrected chi connectivity index (χ3v) is 1.30. The molecule has 0 saturated carbocycles. The summed E-state index contributed by atoms with van der Waals surface area (Å²) in [4.78, 5) is 0. The first-order chi connectivity index (χ1) is 4.43. The Kier molecular flexibility index (Phi) is 2.37. The van der Waals surface area contributed by atoms with Crippen LogP contribution in [-0.4, -0.2) is 6.61 Å². The maximum atomic E-state index is 5.29. The molecule has 0 unspecified atom stereocenters. The predicted octanol–water partition coefficient (Wildman–Crippen LogP) is 2.26. The van der Waals surface area contributed by atoms with E-state index in [0.29, 0.717) is 0 Å². The second-order valence-corrected chi connectivity index (χ2v) is 2.01. The molecule has 1 aliphatic rings. The van der Waals surface area contributed by atoms with E-state index in [9.17, 15) is 0 Å². The molecule has 0 N–H and O–H groups in total. The molecule has 0 aromatic heterocycles. The van der Waals surface area contributed by atoms with Gasteiger partial charge in [-0.1, -0.05) is 12.2 Å². The molecule has 0 saturated heterocycles. The van der Waals surface area contributed by atoms with Crippen molar-refractivity contribution < 1.29 is 4.74 Å². The molecule has 50 valence electrons. The van der Waals surface area contributed by atoms with E-state index in [1.54, 1.807) is 0 Å². The minimum atomic E-state index is 0.791. The Morgan fingerprint density at radius 2 is 2.44 bits per heavy atom. The minimum absolute atomic E-state index is 0.791. The molecule has 0 fully saturated rings. The molecule has 1 heteroatoms. The maximum Gasteiger partial charge on any atom is 0.0960 e. The average Bonchev–Trinajstić information content (AvgIpc) is 1.91. The maximum absolute atomic E-state index is 5.29. The van der Waals surface area contributed by atoms with Crippen molar-refractivity contribution in [2.24, 2.45) is 0 Å². The van der Waals surface area contributed by atoms with Gasteiger partial charge in [0.25, 0.3) is 0 Å². The summed E-state index contributed by atoms with van der Waals surface area (Å²) in [5, 5.41) is 0. The number of allylic oxidation sites excluding steroid dienone is 3. The van der Waals surface area contributed by atoms with Gasteiger partial charge in [0.1, 0.15) is 0 Å². The summed E-state index contributed by atoms with van der Waals surface area (Å²) in [6, 6.07) is 0. The third-order valence-electron chi connectivity index (χ3n) is 1.30. The largest absolute Gasteiger partial charge is 0.498 e. The van der Waals surface area contributed by atoms with Gasteiger partial charge in [-0.25, -0.2) is 0 Å². The fourth-order valence-electron chi connectivity index (χ4n) is 0.882. The molecule has 0 atom stereocenters. The van der Waals surface area contributed by atoms with Gasteiger partial charge in [-0.05, 0) is 19.4 Å². The average molecular weight is 124 g/mol. The predicted molar refractivity (Wildman–Crippen MR) is 38.1 cm³/mol. The van der Waals surface area contributed by atoms with E-state index in [-0.39, 0.29) is 0 Å². The van der Waals surface area contributed by atoms with Crippen molar-refractivity contribution >= 4 is 0 Å². The van der Waals surface area contributed by atoms with E-state index < -0.39 is 0 Å². The summed E-state index contributed by atoms with van der Waals surface area (Å²) >= 11 is 0. The van der Waals surface area contributed by atoms with Crippen LogP contribution in [0.4, 0.5) is 0 Å². The molecule has 0 radical (unpaired) electrons. The summed E-state index contributed by atoms with van der Waals surface area (Å²) in [5.41, 5.74) is 0. The highest BCUT2D eigenvalue weighted by Crippen LogP contribution is 2.10. The van der Waals surface area contributed by atoms with Crippen molar-refractivity contribution in [1.82, 2.24) is 0 Å². The molecule has 0 aromatic carbocycles. The zero-order valence-corrected chi connectivity index (χ0v) is 5.76. The molecule has 0 bridgehead atoms. The summed E-state index contributed by atoms with van der Waals surface area (Å²) in [6.45, 7) is 2.80. The van der Waals surface area contributed by atoms with E-state index in [1.165, 1.54) is 0 Å². The SMILES string of the molecule is CCOC1=CCC=CC1. The number of rotatable bonds is 2. The molecule has 0 aromatic rings. The van der Waals surface area contributed by atoms with Crippen molar-refractivity contribution in [2.45, 2.75) is 19.8 Å². The molecule has 1 rings (SSSR count). The normalized spacial score (nSPS) is 17.2. The van der Waals surface area contributed by atoms with E-state index >= 15 is 0 Å². The highest BCUT2D eigenvalue weighted by Gasteiger charge is 1.95. The van der Waals surface area contributed by atoms with Crippen LogP contribution >= 0.6 is 0 Å². The van der Waals surface area contributed by atoms with Crippen LogP contribution in [-0.2, 0) is 4.74 Å². The van der Waals surface area contributed by atoms with Crippen LogP contribution in [0, 0.1) is 0 Å². The molecule has 0 aliphatic heterocycles. The molecule has 0 spiro atoms. The van der Waals surface area contributed by atoms with Crippen molar-refractivity contribution in [2.75, 3.05) is 6.61 Å². The van der Waals surface area contributed by atoms with Crippen LogP contribution in [0.25, 0.3) is 0 Å². The van der Waals surface area contributed by atoms with E-state index in [4.69, 9.17) is 4.74 Å². The summed E-state index contributed by atoms with van der Waals surface area (Å²) in [5.74, 6) is 1.13. The van der Waals surface area contributed by atoms with Gasteiger partial charge in [-0.3, -0.25) is 0 Å². The number of hydrogen-bond acceptors (Lipinski definition) is 1. The second kappa shape index (κ2) is 3.33. The fourth-order valence-corrected chi connectivity index (χ4v) is 0.882. The quantitative estimate of drug-likeness (QED) is 0.513. The first-order valence-corrected chi connectivity index (χ1v) is 3.40. The zero-order valence-electron chi connectivity index (χ0n) is 5.76. The van der Waals surface area contributed by atoms with Crippen molar-refractivity contribution in [3.05, 3.63) is 24.0 Å². The lowest BCUT2D eigenvalue weighted by atomic mass is 10.2. The molecule has 9 heavy (non-hydrogen) atoms. The van der Waals surface area contributed by atoms with Crippen LogP contribution in [0.1, 0.15) is 19.8 Å². The van der Waals surface area contributed by atoms with E-state index in [1.807, 2.05) is 6.92 Å². The van der Waals surface area contributed by atoms with Crippen LogP contribution in [0.3, 0.4) is 0 Å². The monoisotopic (exact) mass is 124 g/mol. The van der Waals surface area contributed by atoms with Crippen LogP contribution in [0.2, 0.25) is 0 Å². The van der Waals surface area contributed by atoms with Gasteiger partial charge in [0.15, 0.2) is 0 Å². The fraction of sp³-hybridized carbons (Fsp3) is 0.500. The van der Waals surface area contributed by atoms with Crippen LogP contribution in [0.15, 0.2) is 24.0 Å². The van der Waals surface area contributed by atoms with Crippen LogP contribution < -0.4 is 0 Å². The third kappa shape index (κ3) is 1.92. The second-order valence-electron chi connectivity index (χ2n) is 2.01. The molecule has 1 nitrogen and oxygen atoms in total. The standard InChI is InChI=1S/C8H12O/c1-2-9-8-6-4-3-5-7-8/h3-4,7H,2,5-6H2,1H3. The molecular weight excluding hydrogens is 112 g/mol.